The van der Waals surface area contributed by atoms with Crippen LogP contribution in [0.3, 0.4) is 0 Å². The third-order valence-electron chi connectivity index (χ3n) is 4.22. The van der Waals surface area contributed by atoms with E-state index in [2.05, 4.69) is 5.73 Å². The molecule has 31 heavy (non-hydrogen) atoms. The Morgan fingerprint density at radius 2 is 1.71 bits per heavy atom. The number of quaternary nitrogens is 1. The first-order chi connectivity index (χ1) is 14.7. The van der Waals surface area contributed by atoms with Crippen molar-refractivity contribution in [3.63, 3.8) is 0 Å². The summed E-state index contributed by atoms with van der Waals surface area (Å²) in [7, 11) is 1.75. The van der Waals surface area contributed by atoms with Gasteiger partial charge in [-0.1, -0.05) is 6.07 Å². The van der Waals surface area contributed by atoms with Gasteiger partial charge in [0.25, 0.3) is 0 Å². The van der Waals surface area contributed by atoms with Crippen LogP contribution in [0.1, 0.15) is 34.9 Å². The SMILES string of the molecule is C[NH3+].O=C([O-])CCC(=O)OC1C(=O)c2c(O)cc(O)cc2OC1c1ccc(O)c(O)c1. The molecule has 166 valence electrons. The van der Waals surface area contributed by atoms with Gasteiger partial charge in [0.05, 0.1) is 13.5 Å². The smallest absolute Gasteiger partial charge is 0.307 e. The molecular weight excluding hydrogens is 414 g/mol. The number of phenolic OH excluding ortho intramolecular Hbond substituents is 4. The molecule has 0 aromatic heterocycles. The van der Waals surface area contributed by atoms with Crippen LogP contribution in [-0.2, 0) is 14.3 Å². The van der Waals surface area contributed by atoms with E-state index in [1.165, 1.54) is 6.07 Å². The van der Waals surface area contributed by atoms with Crippen LogP contribution in [-0.4, -0.2) is 51.3 Å². The van der Waals surface area contributed by atoms with Gasteiger partial charge in [0.15, 0.2) is 17.6 Å². The minimum Gasteiger partial charge on any atom is -0.550 e. The Bertz CT molecular complexity index is 1000. The van der Waals surface area contributed by atoms with Crippen molar-refractivity contribution < 1.29 is 55.1 Å². The Balaban J connectivity index is 0.00000166. The number of carbonyl (C=O) groups is 3. The number of ether oxygens (including phenoxy) is 2. The van der Waals surface area contributed by atoms with Crippen LogP contribution in [0.2, 0.25) is 0 Å². The van der Waals surface area contributed by atoms with Gasteiger partial charge in [-0.25, -0.2) is 0 Å². The number of ketones is 1. The lowest BCUT2D eigenvalue weighted by molar-refractivity contribution is -0.325. The summed E-state index contributed by atoms with van der Waals surface area (Å²) in [5.41, 5.74) is 3.06. The number of aliphatic carboxylic acids is 1. The van der Waals surface area contributed by atoms with E-state index in [1.807, 2.05) is 0 Å². The summed E-state index contributed by atoms with van der Waals surface area (Å²) in [6.07, 6.45) is -4.12. The Kier molecular flexibility index (Phi) is 7.27. The zero-order valence-corrected chi connectivity index (χ0v) is 16.4. The van der Waals surface area contributed by atoms with Crippen LogP contribution < -0.4 is 15.6 Å². The molecule has 2 unspecified atom stereocenters. The molecule has 0 saturated carbocycles. The molecule has 11 nitrogen and oxygen atoms in total. The van der Waals surface area contributed by atoms with Gasteiger partial charge in [-0.3, -0.25) is 9.59 Å². The number of carboxylic acid groups (broad SMARTS) is 1. The summed E-state index contributed by atoms with van der Waals surface area (Å²) < 4.78 is 10.8. The molecule has 11 heteroatoms. The number of fused-ring (bicyclic) bond motifs is 1. The van der Waals surface area contributed by atoms with Crippen molar-refractivity contribution >= 4 is 17.7 Å². The largest absolute Gasteiger partial charge is 0.550 e. The first-order valence-corrected chi connectivity index (χ1v) is 9.06. The zero-order valence-electron chi connectivity index (χ0n) is 16.4. The van der Waals surface area contributed by atoms with E-state index in [0.717, 1.165) is 24.3 Å². The maximum atomic E-state index is 12.9. The monoisotopic (exact) mass is 435 g/mol. The summed E-state index contributed by atoms with van der Waals surface area (Å²) >= 11 is 0. The topological polar surface area (TPSA) is 201 Å². The number of carboxylic acids is 1. The molecule has 0 saturated heterocycles. The number of aromatic hydroxyl groups is 4. The quantitative estimate of drug-likeness (QED) is 0.290. The molecule has 2 atom stereocenters. The van der Waals surface area contributed by atoms with E-state index in [4.69, 9.17) is 9.47 Å². The number of benzene rings is 2. The maximum absolute atomic E-state index is 12.9. The van der Waals surface area contributed by atoms with Crippen LogP contribution in [0.15, 0.2) is 30.3 Å². The summed E-state index contributed by atoms with van der Waals surface area (Å²) in [6, 6.07) is 5.50. The highest BCUT2D eigenvalue weighted by atomic mass is 16.6. The number of hydrogen-bond donors (Lipinski definition) is 5. The van der Waals surface area contributed by atoms with Crippen molar-refractivity contribution in [3.05, 3.63) is 41.5 Å². The van der Waals surface area contributed by atoms with Gasteiger partial charge in [-0.05, 0) is 18.6 Å². The first-order valence-electron chi connectivity index (χ1n) is 9.06. The standard InChI is InChI=1S/C19H16O10.CH5N/c20-9-6-12(23)16-13(7-9)28-18(8-1-2-10(21)11(22)5-8)19(17(16)27)29-15(26)4-3-14(24)25;1-2/h1-2,5-7,18-23H,3-4H2,(H,24,25);2H2,1H3. The molecule has 7 N–H and O–H groups in total. The van der Waals surface area contributed by atoms with Gasteiger partial charge >= 0.3 is 5.97 Å². The van der Waals surface area contributed by atoms with Gasteiger partial charge in [0, 0.05) is 23.7 Å². The lowest BCUT2D eigenvalue weighted by Crippen LogP contribution is -2.40. The second kappa shape index (κ2) is 9.67. The highest BCUT2D eigenvalue weighted by Gasteiger charge is 2.43. The minimum atomic E-state index is -1.63. The van der Waals surface area contributed by atoms with Crippen molar-refractivity contribution in [3.8, 4) is 28.7 Å². The fourth-order valence-electron chi connectivity index (χ4n) is 2.89. The first kappa shape index (κ1) is 23.3. The molecule has 0 aliphatic carbocycles. The molecule has 2 aromatic carbocycles. The number of esters is 1. The fraction of sp³-hybridized carbons (Fsp3) is 0.250. The van der Waals surface area contributed by atoms with Gasteiger partial charge in [-0.2, -0.15) is 0 Å². The third-order valence-corrected chi connectivity index (χ3v) is 4.22. The average molecular weight is 435 g/mol. The van der Waals surface area contributed by atoms with Crippen LogP contribution in [0.4, 0.5) is 0 Å². The van der Waals surface area contributed by atoms with Crippen molar-refractivity contribution in [1.29, 1.82) is 0 Å². The molecule has 0 radical (unpaired) electrons. The van der Waals surface area contributed by atoms with Crippen LogP contribution in [0, 0.1) is 0 Å². The second-order valence-electron chi connectivity index (χ2n) is 6.27. The molecule has 3 rings (SSSR count). The number of carbonyl (C=O) groups excluding carboxylic acids is 3. The van der Waals surface area contributed by atoms with E-state index < -0.39 is 60.0 Å². The molecular formula is C20H21NO10. The van der Waals surface area contributed by atoms with Crippen molar-refractivity contribution in [2.45, 2.75) is 25.0 Å². The van der Waals surface area contributed by atoms with Crippen molar-refractivity contribution in [1.82, 2.24) is 0 Å². The van der Waals surface area contributed by atoms with Gasteiger partial charge in [0.2, 0.25) is 11.9 Å². The van der Waals surface area contributed by atoms with E-state index in [0.29, 0.717) is 0 Å². The lowest BCUT2D eigenvalue weighted by Gasteiger charge is -2.32. The van der Waals surface area contributed by atoms with E-state index in [1.54, 1.807) is 7.05 Å². The van der Waals surface area contributed by atoms with Gasteiger partial charge in [0.1, 0.15) is 22.8 Å². The van der Waals surface area contributed by atoms with Gasteiger partial charge in [-0.15, -0.1) is 0 Å². The van der Waals surface area contributed by atoms with E-state index >= 15 is 0 Å². The fourth-order valence-corrected chi connectivity index (χ4v) is 2.89. The zero-order chi connectivity index (χ0) is 23.3. The third kappa shape index (κ3) is 5.14. The Morgan fingerprint density at radius 1 is 1.03 bits per heavy atom. The summed E-state index contributed by atoms with van der Waals surface area (Å²) in [5.74, 6) is -5.49. The summed E-state index contributed by atoms with van der Waals surface area (Å²) in [6.45, 7) is 0. The molecule has 0 bridgehead atoms. The molecule has 1 heterocycles. The van der Waals surface area contributed by atoms with Crippen molar-refractivity contribution in [2.24, 2.45) is 0 Å². The normalized spacial score (nSPS) is 16.9. The number of phenols is 4. The predicted octanol–water partition coefficient (Wildman–Crippen LogP) is -0.875. The predicted molar refractivity (Wildman–Crippen MR) is 100 cm³/mol. The summed E-state index contributed by atoms with van der Waals surface area (Å²) in [4.78, 5) is 35.5. The lowest BCUT2D eigenvalue weighted by atomic mass is 9.92. The molecule has 1 aliphatic rings. The van der Waals surface area contributed by atoms with E-state index in [9.17, 15) is 39.9 Å². The molecule has 2 aromatic rings. The second-order valence-corrected chi connectivity index (χ2v) is 6.27. The van der Waals surface area contributed by atoms with E-state index in [-0.39, 0.29) is 22.6 Å². The molecule has 0 amide bonds. The summed E-state index contributed by atoms with van der Waals surface area (Å²) in [5, 5.41) is 49.4. The maximum Gasteiger partial charge on any atom is 0.307 e. The van der Waals surface area contributed by atoms with Crippen LogP contribution >= 0.6 is 0 Å². The Labute approximate surface area is 175 Å². The van der Waals surface area contributed by atoms with Crippen molar-refractivity contribution in [2.75, 3.05) is 7.05 Å². The number of Topliss-reactive ketones (excluding diaryl/α,β-unsaturated/α-hetero) is 1. The molecule has 0 spiro atoms. The van der Waals surface area contributed by atoms with Crippen LogP contribution in [0.5, 0.6) is 28.7 Å². The minimum absolute atomic E-state index is 0.139. The number of hydrogen-bond acceptors (Lipinski definition) is 10. The number of rotatable bonds is 5. The highest BCUT2D eigenvalue weighted by Crippen LogP contribution is 2.43. The highest BCUT2D eigenvalue weighted by molar-refractivity contribution is 6.06. The molecule has 1 aliphatic heterocycles. The Morgan fingerprint density at radius 3 is 2.32 bits per heavy atom. The average Bonchev–Trinajstić information content (AvgIpc) is 2.71. The van der Waals surface area contributed by atoms with Gasteiger partial charge < -0.3 is 45.5 Å². The molecule has 0 fully saturated rings. The van der Waals surface area contributed by atoms with Crippen LogP contribution in [0.25, 0.3) is 0 Å². The Hall–Kier alpha value is -3.99.